The van der Waals surface area contributed by atoms with E-state index in [-0.39, 0.29) is 36.2 Å². The molecule has 0 aromatic heterocycles. The van der Waals surface area contributed by atoms with E-state index < -0.39 is 0 Å². The van der Waals surface area contributed by atoms with Crippen LogP contribution in [0.4, 0.5) is 0 Å². The number of hydrogen-bond donors (Lipinski definition) is 0. The predicted octanol–water partition coefficient (Wildman–Crippen LogP) is -1.38. The van der Waals surface area contributed by atoms with Crippen LogP contribution in [0.1, 0.15) is 11.1 Å². The summed E-state index contributed by atoms with van der Waals surface area (Å²) in [6.07, 6.45) is 0. The normalized spacial score (nSPS) is 9.00. The van der Waals surface area contributed by atoms with E-state index in [4.69, 9.17) is 0 Å². The molecule has 1 aromatic carbocycles. The van der Waals surface area contributed by atoms with E-state index >= 15 is 0 Å². The van der Waals surface area contributed by atoms with Gasteiger partial charge in [0.05, 0.1) is 0 Å². The van der Waals surface area contributed by atoms with Crippen molar-refractivity contribution in [3.63, 3.8) is 0 Å². The number of hydrogen-bond acceptors (Lipinski definition) is 1. The molecule has 1 rings (SSSR count). The average Bonchev–Trinajstić information content (AvgIpc) is 1.95. The van der Waals surface area contributed by atoms with Crippen LogP contribution in [-0.2, 0) is 6.61 Å². The monoisotopic (exact) mass is 222 g/mol. The Morgan fingerprint density at radius 2 is 2.09 bits per heavy atom. The standard InChI is InChI=1S/C8H8BrO.Na/c1-6-7(5-10)3-2-4-8(6)9;/h2-4H,5H2,1H3;/q-1;+1. The molecule has 1 nitrogen and oxygen atoms in total. The Balaban J connectivity index is 0.000001000. The van der Waals surface area contributed by atoms with E-state index in [0.717, 1.165) is 15.6 Å². The fraction of sp³-hybridized carbons (Fsp3) is 0.250. The van der Waals surface area contributed by atoms with E-state index in [1.807, 2.05) is 25.1 Å². The zero-order valence-electron chi connectivity index (χ0n) is 6.73. The van der Waals surface area contributed by atoms with Crippen molar-refractivity contribution in [1.82, 2.24) is 0 Å². The molecule has 0 bridgehead atoms. The molecule has 3 heteroatoms. The van der Waals surface area contributed by atoms with Crippen molar-refractivity contribution in [2.75, 3.05) is 0 Å². The number of rotatable bonds is 1. The molecule has 0 aliphatic rings. The Labute approximate surface area is 97.2 Å². The third-order valence-corrected chi connectivity index (χ3v) is 2.39. The second-order valence-electron chi connectivity index (χ2n) is 2.17. The van der Waals surface area contributed by atoms with Crippen LogP contribution < -0.4 is 34.7 Å². The maximum atomic E-state index is 10.5. The molecule has 0 fully saturated rings. The van der Waals surface area contributed by atoms with Gasteiger partial charge in [0.15, 0.2) is 0 Å². The molecule has 0 saturated heterocycles. The molecule has 0 atom stereocenters. The van der Waals surface area contributed by atoms with Gasteiger partial charge in [-0.1, -0.05) is 33.6 Å². The Morgan fingerprint density at radius 1 is 1.45 bits per heavy atom. The van der Waals surface area contributed by atoms with Gasteiger partial charge < -0.3 is 5.11 Å². The molecule has 0 N–H and O–H groups in total. The van der Waals surface area contributed by atoms with E-state index in [9.17, 15) is 5.11 Å². The van der Waals surface area contributed by atoms with Crippen LogP contribution in [0.2, 0.25) is 0 Å². The first-order valence-electron chi connectivity index (χ1n) is 3.08. The van der Waals surface area contributed by atoms with Crippen LogP contribution in [0.5, 0.6) is 0 Å². The SMILES string of the molecule is Cc1c(Br)cccc1C[O-].[Na+]. The summed E-state index contributed by atoms with van der Waals surface area (Å²) >= 11 is 3.35. The molecule has 0 radical (unpaired) electrons. The molecule has 0 amide bonds. The third-order valence-electron chi connectivity index (χ3n) is 1.54. The molecular formula is C8H8BrNaO. The summed E-state index contributed by atoms with van der Waals surface area (Å²) in [6.45, 7) is 1.81. The largest absolute Gasteiger partial charge is 1.00 e. The van der Waals surface area contributed by atoms with Gasteiger partial charge >= 0.3 is 29.6 Å². The van der Waals surface area contributed by atoms with Gasteiger partial charge in [-0.05, 0) is 18.6 Å². The molecule has 0 spiro atoms. The van der Waals surface area contributed by atoms with Crippen LogP contribution in [0.25, 0.3) is 0 Å². The van der Waals surface area contributed by atoms with Gasteiger partial charge in [-0.2, -0.15) is 0 Å². The zero-order valence-corrected chi connectivity index (χ0v) is 10.3. The van der Waals surface area contributed by atoms with Gasteiger partial charge in [0.25, 0.3) is 0 Å². The molecule has 0 aliphatic heterocycles. The summed E-state index contributed by atoms with van der Waals surface area (Å²) in [5.74, 6) is 0. The van der Waals surface area contributed by atoms with Crippen LogP contribution in [0.15, 0.2) is 22.7 Å². The second kappa shape index (κ2) is 5.33. The fourth-order valence-electron chi connectivity index (χ4n) is 0.808. The maximum absolute atomic E-state index is 10.5. The topological polar surface area (TPSA) is 23.1 Å². The van der Waals surface area contributed by atoms with E-state index in [1.165, 1.54) is 0 Å². The summed E-state index contributed by atoms with van der Waals surface area (Å²) < 4.78 is 1.01. The van der Waals surface area contributed by atoms with Gasteiger partial charge in [-0.15, -0.1) is 6.61 Å². The zero-order chi connectivity index (χ0) is 7.56. The predicted molar refractivity (Wildman–Crippen MR) is 42.6 cm³/mol. The van der Waals surface area contributed by atoms with Gasteiger partial charge in [-0.25, -0.2) is 0 Å². The summed E-state index contributed by atoms with van der Waals surface area (Å²) in [7, 11) is 0. The van der Waals surface area contributed by atoms with Crippen LogP contribution in [0, 0.1) is 6.92 Å². The van der Waals surface area contributed by atoms with Crippen molar-refractivity contribution in [1.29, 1.82) is 0 Å². The molecule has 54 valence electrons. The Kier molecular flexibility index (Phi) is 5.65. The average molecular weight is 223 g/mol. The first-order chi connectivity index (χ1) is 4.75. The molecule has 0 heterocycles. The molecule has 0 aliphatic carbocycles. The maximum Gasteiger partial charge on any atom is 1.00 e. The molecular weight excluding hydrogens is 215 g/mol. The summed E-state index contributed by atoms with van der Waals surface area (Å²) in [6, 6.07) is 5.67. The summed E-state index contributed by atoms with van der Waals surface area (Å²) in [4.78, 5) is 0. The summed E-state index contributed by atoms with van der Waals surface area (Å²) in [5, 5.41) is 10.5. The van der Waals surface area contributed by atoms with Crippen molar-refractivity contribution in [2.45, 2.75) is 13.5 Å². The van der Waals surface area contributed by atoms with Crippen molar-refractivity contribution < 1.29 is 34.7 Å². The number of halogens is 1. The minimum absolute atomic E-state index is 0. The van der Waals surface area contributed by atoms with Crippen molar-refractivity contribution >= 4 is 15.9 Å². The van der Waals surface area contributed by atoms with Crippen molar-refractivity contribution in [3.05, 3.63) is 33.8 Å². The smallest absolute Gasteiger partial charge is 0.851 e. The first kappa shape index (κ1) is 11.7. The van der Waals surface area contributed by atoms with Crippen LogP contribution in [-0.4, -0.2) is 0 Å². The second-order valence-corrected chi connectivity index (χ2v) is 3.02. The van der Waals surface area contributed by atoms with Gasteiger partial charge in [-0.3, -0.25) is 0 Å². The third kappa shape index (κ3) is 2.88. The van der Waals surface area contributed by atoms with Gasteiger partial charge in [0.1, 0.15) is 0 Å². The van der Waals surface area contributed by atoms with Gasteiger partial charge in [0, 0.05) is 4.47 Å². The van der Waals surface area contributed by atoms with E-state index in [0.29, 0.717) is 0 Å². The Morgan fingerprint density at radius 3 is 2.55 bits per heavy atom. The number of benzene rings is 1. The quantitative estimate of drug-likeness (QED) is 0.538. The van der Waals surface area contributed by atoms with Crippen LogP contribution in [0.3, 0.4) is 0 Å². The van der Waals surface area contributed by atoms with Crippen LogP contribution >= 0.6 is 15.9 Å². The minimum Gasteiger partial charge on any atom is -0.851 e. The van der Waals surface area contributed by atoms with E-state index in [1.54, 1.807) is 0 Å². The molecule has 0 saturated carbocycles. The van der Waals surface area contributed by atoms with Gasteiger partial charge in [0.2, 0.25) is 0 Å². The Hall–Kier alpha value is 0.660. The molecule has 0 unspecified atom stereocenters. The van der Waals surface area contributed by atoms with Crippen molar-refractivity contribution in [3.8, 4) is 0 Å². The fourth-order valence-corrected chi connectivity index (χ4v) is 1.22. The minimum atomic E-state index is -0.134. The molecule has 11 heavy (non-hydrogen) atoms. The first-order valence-corrected chi connectivity index (χ1v) is 3.87. The Bertz CT molecular complexity index is 238. The van der Waals surface area contributed by atoms with Crippen molar-refractivity contribution in [2.24, 2.45) is 0 Å². The molecule has 1 aromatic rings. The van der Waals surface area contributed by atoms with E-state index in [2.05, 4.69) is 15.9 Å². The summed E-state index contributed by atoms with van der Waals surface area (Å²) in [5.41, 5.74) is 1.92.